The third-order valence-electron chi connectivity index (χ3n) is 6.35. The summed E-state index contributed by atoms with van der Waals surface area (Å²) in [4.78, 5) is 31.5. The van der Waals surface area contributed by atoms with Gasteiger partial charge in [-0.15, -0.1) is 0 Å². The molecule has 2 saturated heterocycles. The average Bonchev–Trinajstić information content (AvgIpc) is 3.39. The van der Waals surface area contributed by atoms with Crippen molar-refractivity contribution in [3.63, 3.8) is 0 Å². The molecule has 3 aliphatic heterocycles. The highest BCUT2D eigenvalue weighted by molar-refractivity contribution is 6.21. The van der Waals surface area contributed by atoms with Crippen LogP contribution < -0.4 is 9.64 Å². The number of carbonyl (C=O) groups excluding carboxylic acids is 2. The number of carbonyl (C=O) groups is 2. The van der Waals surface area contributed by atoms with Gasteiger partial charge < -0.3 is 19.1 Å². The Kier molecular flexibility index (Phi) is 5.58. The van der Waals surface area contributed by atoms with Crippen LogP contribution in [0.25, 0.3) is 0 Å². The molecule has 0 unspecified atom stereocenters. The number of ether oxygens (including phenoxy) is 3. The summed E-state index contributed by atoms with van der Waals surface area (Å²) in [5.74, 6) is -0.708. The third-order valence-corrected chi connectivity index (χ3v) is 6.35. The topological polar surface area (TPSA) is 71.6 Å². The SMILES string of the molecule is COc1ccccc1N1CCN(CC2(CN3C(=O)c4ccccc4C3=O)OCCO2)CC1. The van der Waals surface area contributed by atoms with E-state index >= 15 is 0 Å². The number of para-hydroxylation sites is 2. The second-order valence-corrected chi connectivity index (χ2v) is 8.28. The Hall–Kier alpha value is -2.94. The van der Waals surface area contributed by atoms with Crippen LogP contribution in [0.1, 0.15) is 20.7 Å². The number of methoxy groups -OCH3 is 1. The first-order valence-electron chi connectivity index (χ1n) is 10.9. The zero-order chi connectivity index (χ0) is 22.1. The van der Waals surface area contributed by atoms with E-state index in [0.29, 0.717) is 30.9 Å². The monoisotopic (exact) mass is 437 g/mol. The Morgan fingerprint density at radius 1 is 0.844 bits per heavy atom. The molecule has 0 radical (unpaired) electrons. The molecule has 8 heteroatoms. The van der Waals surface area contributed by atoms with Crippen molar-refractivity contribution in [1.82, 2.24) is 9.80 Å². The smallest absolute Gasteiger partial charge is 0.261 e. The van der Waals surface area contributed by atoms with E-state index in [-0.39, 0.29) is 18.4 Å². The fourth-order valence-electron chi connectivity index (χ4n) is 4.73. The molecule has 0 bridgehead atoms. The van der Waals surface area contributed by atoms with Gasteiger partial charge in [0.1, 0.15) is 5.75 Å². The summed E-state index contributed by atoms with van der Waals surface area (Å²) in [5.41, 5.74) is 1.97. The minimum atomic E-state index is -1.00. The molecule has 3 heterocycles. The third kappa shape index (κ3) is 3.74. The summed E-state index contributed by atoms with van der Waals surface area (Å²) in [6.45, 7) is 4.79. The highest BCUT2D eigenvalue weighted by atomic mass is 16.7. The fourth-order valence-corrected chi connectivity index (χ4v) is 4.73. The van der Waals surface area contributed by atoms with Gasteiger partial charge in [-0.25, -0.2) is 0 Å². The predicted molar refractivity (Wildman–Crippen MR) is 118 cm³/mol. The summed E-state index contributed by atoms with van der Waals surface area (Å²) in [7, 11) is 1.69. The minimum absolute atomic E-state index is 0.0894. The van der Waals surface area contributed by atoms with Gasteiger partial charge in [-0.1, -0.05) is 24.3 Å². The Labute approximate surface area is 187 Å². The van der Waals surface area contributed by atoms with Crippen LogP contribution in [0.2, 0.25) is 0 Å². The van der Waals surface area contributed by atoms with E-state index < -0.39 is 5.79 Å². The number of imide groups is 1. The minimum Gasteiger partial charge on any atom is -0.495 e. The highest BCUT2D eigenvalue weighted by Gasteiger charge is 2.46. The van der Waals surface area contributed by atoms with Crippen molar-refractivity contribution in [2.24, 2.45) is 0 Å². The number of anilines is 1. The largest absolute Gasteiger partial charge is 0.495 e. The van der Waals surface area contributed by atoms with Crippen LogP contribution in [0, 0.1) is 0 Å². The predicted octanol–water partition coefficient (Wildman–Crippen LogP) is 1.86. The normalized spacial score (nSPS) is 20.7. The van der Waals surface area contributed by atoms with Gasteiger partial charge in [0.2, 0.25) is 0 Å². The number of hydrogen-bond donors (Lipinski definition) is 0. The van der Waals surface area contributed by atoms with Crippen LogP contribution in [0.15, 0.2) is 48.5 Å². The number of benzene rings is 2. The molecule has 0 atom stereocenters. The van der Waals surface area contributed by atoms with Crippen LogP contribution >= 0.6 is 0 Å². The zero-order valence-electron chi connectivity index (χ0n) is 18.2. The molecular weight excluding hydrogens is 410 g/mol. The van der Waals surface area contributed by atoms with E-state index in [1.807, 2.05) is 18.2 Å². The molecule has 2 aromatic rings. The first-order chi connectivity index (χ1) is 15.6. The molecule has 0 aromatic heterocycles. The Balaban J connectivity index is 1.26. The lowest BCUT2D eigenvalue weighted by atomic mass is 10.1. The van der Waals surface area contributed by atoms with Gasteiger partial charge in [0.15, 0.2) is 5.79 Å². The Bertz CT molecular complexity index is 977. The first kappa shape index (κ1) is 20.9. The molecule has 0 aliphatic carbocycles. The molecule has 0 N–H and O–H groups in total. The number of amides is 2. The van der Waals surface area contributed by atoms with Crippen LogP contribution in [-0.2, 0) is 9.47 Å². The van der Waals surface area contributed by atoms with Gasteiger partial charge in [0, 0.05) is 26.2 Å². The summed E-state index contributed by atoms with van der Waals surface area (Å²) in [5, 5.41) is 0. The van der Waals surface area contributed by atoms with Crippen molar-refractivity contribution in [1.29, 1.82) is 0 Å². The summed E-state index contributed by atoms with van der Waals surface area (Å²) >= 11 is 0. The van der Waals surface area contributed by atoms with Gasteiger partial charge >= 0.3 is 0 Å². The lowest BCUT2D eigenvalue weighted by molar-refractivity contribution is -0.175. The van der Waals surface area contributed by atoms with Crippen LogP contribution in [0.3, 0.4) is 0 Å². The van der Waals surface area contributed by atoms with Crippen molar-refractivity contribution < 1.29 is 23.8 Å². The molecule has 32 heavy (non-hydrogen) atoms. The molecule has 8 nitrogen and oxygen atoms in total. The van der Waals surface area contributed by atoms with Gasteiger partial charge in [-0.3, -0.25) is 19.4 Å². The van der Waals surface area contributed by atoms with Gasteiger partial charge in [0.05, 0.1) is 50.2 Å². The van der Waals surface area contributed by atoms with Crippen molar-refractivity contribution in [2.45, 2.75) is 5.79 Å². The summed E-state index contributed by atoms with van der Waals surface area (Å²) in [6.07, 6.45) is 0. The quantitative estimate of drug-likeness (QED) is 0.639. The fraction of sp³-hybridized carbons (Fsp3) is 0.417. The Morgan fingerprint density at radius 2 is 1.44 bits per heavy atom. The van der Waals surface area contributed by atoms with Gasteiger partial charge in [-0.2, -0.15) is 0 Å². The van der Waals surface area contributed by atoms with E-state index in [9.17, 15) is 9.59 Å². The lowest BCUT2D eigenvalue weighted by Crippen LogP contribution is -2.56. The Morgan fingerprint density at radius 3 is 2.06 bits per heavy atom. The number of nitrogens with zero attached hydrogens (tertiary/aromatic N) is 3. The molecule has 2 amide bonds. The number of hydrogen-bond acceptors (Lipinski definition) is 7. The molecular formula is C24H27N3O5. The maximum Gasteiger partial charge on any atom is 0.261 e. The van der Waals surface area contributed by atoms with Crippen molar-refractivity contribution in [3.05, 3.63) is 59.7 Å². The maximum absolute atomic E-state index is 12.9. The molecule has 168 valence electrons. The zero-order valence-corrected chi connectivity index (χ0v) is 18.2. The van der Waals surface area contributed by atoms with Crippen LogP contribution in [0.4, 0.5) is 5.69 Å². The van der Waals surface area contributed by atoms with E-state index in [1.54, 1.807) is 31.4 Å². The molecule has 0 saturated carbocycles. The van der Waals surface area contributed by atoms with Crippen LogP contribution in [-0.4, -0.2) is 87.0 Å². The molecule has 2 aromatic carbocycles. The number of rotatable bonds is 6. The van der Waals surface area contributed by atoms with E-state index in [2.05, 4.69) is 15.9 Å². The molecule has 3 aliphatic rings. The van der Waals surface area contributed by atoms with Crippen molar-refractivity contribution in [3.8, 4) is 5.75 Å². The summed E-state index contributed by atoms with van der Waals surface area (Å²) < 4.78 is 17.5. The van der Waals surface area contributed by atoms with Crippen LogP contribution in [0.5, 0.6) is 5.75 Å². The van der Waals surface area contributed by atoms with E-state index in [1.165, 1.54) is 4.90 Å². The highest BCUT2D eigenvalue weighted by Crippen LogP contribution is 2.31. The van der Waals surface area contributed by atoms with Crippen molar-refractivity contribution >= 4 is 17.5 Å². The first-order valence-corrected chi connectivity index (χ1v) is 10.9. The van der Waals surface area contributed by atoms with E-state index in [0.717, 1.165) is 37.6 Å². The number of piperazine rings is 1. The van der Waals surface area contributed by atoms with Crippen molar-refractivity contribution in [2.75, 3.05) is 64.5 Å². The van der Waals surface area contributed by atoms with E-state index in [4.69, 9.17) is 14.2 Å². The molecule has 2 fully saturated rings. The average molecular weight is 437 g/mol. The lowest BCUT2D eigenvalue weighted by Gasteiger charge is -2.40. The van der Waals surface area contributed by atoms with Gasteiger partial charge in [-0.05, 0) is 24.3 Å². The molecule has 0 spiro atoms. The second-order valence-electron chi connectivity index (χ2n) is 8.28. The standard InChI is InChI=1S/C24H27N3O5/c1-30-21-9-5-4-8-20(21)26-12-10-25(11-13-26)16-24(31-14-15-32-24)17-27-22(28)18-6-2-3-7-19(18)23(27)29/h2-9H,10-17H2,1H3. The maximum atomic E-state index is 12.9. The molecule has 5 rings (SSSR count). The van der Waals surface area contributed by atoms with Gasteiger partial charge in [0.25, 0.3) is 11.8 Å². The number of fused-ring (bicyclic) bond motifs is 1. The second kappa shape index (κ2) is 8.54. The summed E-state index contributed by atoms with van der Waals surface area (Å²) in [6, 6.07) is 14.9.